The predicted molar refractivity (Wildman–Crippen MR) is 105 cm³/mol. The van der Waals surface area contributed by atoms with Crippen molar-refractivity contribution in [1.82, 2.24) is 14.4 Å². The number of hydrogen-bond acceptors (Lipinski definition) is 4. The lowest BCUT2D eigenvalue weighted by molar-refractivity contribution is 0.236. The van der Waals surface area contributed by atoms with E-state index in [0.717, 1.165) is 22.6 Å². The SMILES string of the molecule is Cc1nc(C(C)c2cc(Cl)c(F)c(Br)c2OC(C)C)n2ccnc(N)c12. The third kappa shape index (κ3) is 3.14. The molecule has 0 aliphatic rings. The molecule has 3 rings (SSSR count). The molecule has 0 amide bonds. The van der Waals surface area contributed by atoms with Crippen LogP contribution in [0.2, 0.25) is 5.02 Å². The lowest BCUT2D eigenvalue weighted by Crippen LogP contribution is -2.12. The van der Waals surface area contributed by atoms with Crippen molar-refractivity contribution in [3.8, 4) is 5.75 Å². The fraction of sp³-hybridized carbons (Fsp3) is 0.333. The highest BCUT2D eigenvalue weighted by Gasteiger charge is 2.26. The first-order valence-corrected chi connectivity index (χ1v) is 9.32. The molecule has 0 fully saturated rings. The topological polar surface area (TPSA) is 65.4 Å². The minimum atomic E-state index is -0.545. The quantitative estimate of drug-likeness (QED) is 0.571. The number of ether oxygens (including phenoxy) is 1. The van der Waals surface area contributed by atoms with E-state index in [1.807, 2.05) is 32.1 Å². The summed E-state index contributed by atoms with van der Waals surface area (Å²) in [6.07, 6.45) is 3.30. The van der Waals surface area contributed by atoms with E-state index < -0.39 is 5.82 Å². The molecule has 1 atom stereocenters. The normalized spacial score (nSPS) is 12.8. The lowest BCUT2D eigenvalue weighted by atomic mass is 9.99. The second-order valence-electron chi connectivity index (χ2n) is 6.38. The van der Waals surface area contributed by atoms with Crippen LogP contribution in [0.1, 0.15) is 43.8 Å². The molecule has 2 N–H and O–H groups in total. The number of benzene rings is 1. The van der Waals surface area contributed by atoms with E-state index in [2.05, 4.69) is 25.9 Å². The van der Waals surface area contributed by atoms with Gasteiger partial charge in [-0.1, -0.05) is 18.5 Å². The number of nitrogen functional groups attached to an aromatic ring is 1. The van der Waals surface area contributed by atoms with E-state index in [1.165, 1.54) is 0 Å². The van der Waals surface area contributed by atoms with Gasteiger partial charge in [0.25, 0.3) is 0 Å². The maximum Gasteiger partial charge on any atom is 0.159 e. The Morgan fingerprint density at radius 3 is 2.69 bits per heavy atom. The Morgan fingerprint density at radius 1 is 1.35 bits per heavy atom. The number of aromatic nitrogens is 3. The summed E-state index contributed by atoms with van der Waals surface area (Å²) in [5, 5.41) is 0.0218. The van der Waals surface area contributed by atoms with E-state index in [-0.39, 0.29) is 21.5 Å². The van der Waals surface area contributed by atoms with Gasteiger partial charge < -0.3 is 10.5 Å². The lowest BCUT2D eigenvalue weighted by Gasteiger charge is -2.21. The van der Waals surface area contributed by atoms with E-state index in [0.29, 0.717) is 11.6 Å². The number of rotatable bonds is 4. The molecule has 8 heteroatoms. The molecule has 1 unspecified atom stereocenters. The molecule has 2 aromatic heterocycles. The summed E-state index contributed by atoms with van der Waals surface area (Å²) < 4.78 is 22.3. The minimum absolute atomic E-state index is 0.0218. The highest BCUT2D eigenvalue weighted by molar-refractivity contribution is 9.10. The fourth-order valence-electron chi connectivity index (χ4n) is 2.99. The Morgan fingerprint density at radius 2 is 2.04 bits per heavy atom. The average molecular weight is 442 g/mol. The molecule has 0 aliphatic carbocycles. The van der Waals surface area contributed by atoms with E-state index in [9.17, 15) is 4.39 Å². The van der Waals surface area contributed by atoms with Crippen molar-refractivity contribution in [2.45, 2.75) is 39.7 Å². The van der Waals surface area contributed by atoms with Crippen molar-refractivity contribution < 1.29 is 9.13 Å². The van der Waals surface area contributed by atoms with E-state index in [4.69, 9.17) is 22.1 Å². The fourth-order valence-corrected chi connectivity index (χ4v) is 3.85. The van der Waals surface area contributed by atoms with Gasteiger partial charge in [0.05, 0.1) is 21.3 Å². The van der Waals surface area contributed by atoms with Gasteiger partial charge >= 0.3 is 0 Å². The van der Waals surface area contributed by atoms with Crippen LogP contribution in [-0.2, 0) is 0 Å². The highest BCUT2D eigenvalue weighted by Crippen LogP contribution is 2.42. The molecule has 0 spiro atoms. The summed E-state index contributed by atoms with van der Waals surface area (Å²) in [5.41, 5.74) is 8.27. The van der Waals surface area contributed by atoms with Crippen LogP contribution in [0.25, 0.3) is 5.52 Å². The summed E-state index contributed by atoms with van der Waals surface area (Å²) in [4.78, 5) is 8.79. The van der Waals surface area contributed by atoms with Crippen molar-refractivity contribution >= 4 is 38.9 Å². The van der Waals surface area contributed by atoms with Crippen LogP contribution in [0.3, 0.4) is 0 Å². The largest absolute Gasteiger partial charge is 0.489 e. The highest BCUT2D eigenvalue weighted by atomic mass is 79.9. The first kappa shape index (κ1) is 18.9. The molecule has 0 saturated heterocycles. The summed E-state index contributed by atoms with van der Waals surface area (Å²) in [6.45, 7) is 7.61. The second-order valence-corrected chi connectivity index (χ2v) is 7.58. The van der Waals surface area contributed by atoms with Gasteiger partial charge in [-0.05, 0) is 42.8 Å². The van der Waals surface area contributed by atoms with Crippen molar-refractivity contribution in [1.29, 1.82) is 0 Å². The molecular weight excluding hydrogens is 423 g/mol. The molecule has 5 nitrogen and oxygen atoms in total. The summed E-state index contributed by atoms with van der Waals surface area (Å²) in [7, 11) is 0. The molecule has 3 aromatic rings. The third-order valence-electron chi connectivity index (χ3n) is 4.14. The van der Waals surface area contributed by atoms with Gasteiger partial charge in [-0.15, -0.1) is 0 Å². The van der Waals surface area contributed by atoms with E-state index in [1.54, 1.807) is 18.5 Å². The first-order chi connectivity index (χ1) is 12.2. The molecule has 0 bridgehead atoms. The van der Waals surface area contributed by atoms with Gasteiger partial charge in [0.2, 0.25) is 0 Å². The number of hydrogen-bond donors (Lipinski definition) is 1. The summed E-state index contributed by atoms with van der Waals surface area (Å²) >= 11 is 9.37. The number of fused-ring (bicyclic) bond motifs is 1. The Labute approximate surface area is 164 Å². The van der Waals surface area contributed by atoms with Crippen LogP contribution in [-0.4, -0.2) is 20.5 Å². The number of anilines is 1. The zero-order valence-corrected chi connectivity index (χ0v) is 17.2. The molecule has 0 radical (unpaired) electrons. The van der Waals surface area contributed by atoms with Gasteiger partial charge in [0.1, 0.15) is 22.9 Å². The van der Waals surface area contributed by atoms with Crippen LogP contribution in [0.4, 0.5) is 10.2 Å². The van der Waals surface area contributed by atoms with Gasteiger partial charge in [-0.3, -0.25) is 4.40 Å². The summed E-state index contributed by atoms with van der Waals surface area (Å²) in [6, 6.07) is 1.59. The van der Waals surface area contributed by atoms with Crippen LogP contribution >= 0.6 is 27.5 Å². The van der Waals surface area contributed by atoms with Crippen molar-refractivity contribution in [2.75, 3.05) is 5.73 Å². The average Bonchev–Trinajstić information content (AvgIpc) is 2.92. The molecule has 138 valence electrons. The van der Waals surface area contributed by atoms with E-state index >= 15 is 0 Å². The first-order valence-electron chi connectivity index (χ1n) is 8.15. The number of aryl methyl sites for hydroxylation is 1. The van der Waals surface area contributed by atoms with Crippen molar-refractivity contribution in [2.24, 2.45) is 0 Å². The van der Waals surface area contributed by atoms with Crippen molar-refractivity contribution in [3.63, 3.8) is 0 Å². The number of nitrogens with zero attached hydrogens (tertiary/aromatic N) is 3. The maximum absolute atomic E-state index is 14.3. The van der Waals surface area contributed by atoms with Crippen molar-refractivity contribution in [3.05, 3.63) is 50.9 Å². The van der Waals surface area contributed by atoms with Gasteiger partial charge in [-0.25, -0.2) is 14.4 Å². The Kier molecular flexibility index (Phi) is 5.12. The molecule has 0 aliphatic heterocycles. The number of halogens is 3. The molecule has 1 aromatic carbocycles. The minimum Gasteiger partial charge on any atom is -0.489 e. The standard InChI is InChI=1S/C18H19BrClFN4O/c1-8(2)26-16-11(7-12(20)14(21)13(16)19)9(3)18-24-10(4)15-17(22)23-5-6-25(15)18/h5-9H,1-4H3,(H2,22,23). The summed E-state index contributed by atoms with van der Waals surface area (Å²) in [5.74, 6) is 0.811. The Balaban J connectivity index is 2.23. The molecule has 2 heterocycles. The smallest absolute Gasteiger partial charge is 0.159 e. The van der Waals surface area contributed by atoms with Gasteiger partial charge in [-0.2, -0.15) is 0 Å². The van der Waals surface area contributed by atoms with Crippen LogP contribution in [0.5, 0.6) is 5.75 Å². The molecule has 26 heavy (non-hydrogen) atoms. The zero-order valence-electron chi connectivity index (χ0n) is 14.8. The zero-order chi connectivity index (χ0) is 19.2. The maximum atomic E-state index is 14.3. The second kappa shape index (κ2) is 7.04. The number of imidazole rings is 1. The molecule has 0 saturated carbocycles. The number of nitrogens with two attached hydrogens (primary N) is 1. The van der Waals surface area contributed by atoms with Crippen LogP contribution < -0.4 is 10.5 Å². The predicted octanol–water partition coefficient (Wildman–Crippen LogP) is 5.11. The van der Waals surface area contributed by atoms with Crippen LogP contribution in [0, 0.1) is 12.7 Å². The third-order valence-corrected chi connectivity index (χ3v) is 5.12. The Bertz CT molecular complexity index is 989. The van der Waals surface area contributed by atoms with Gasteiger partial charge in [0.15, 0.2) is 5.82 Å². The monoisotopic (exact) mass is 440 g/mol. The molecular formula is C18H19BrClFN4O. The Hall–Kier alpha value is -1.86. The van der Waals surface area contributed by atoms with Gasteiger partial charge in [0, 0.05) is 23.9 Å². The van der Waals surface area contributed by atoms with Crippen LogP contribution in [0.15, 0.2) is 22.9 Å².